The molecule has 1 aliphatic rings. The molecule has 1 aromatic heterocycles. The third-order valence-electron chi connectivity index (χ3n) is 3.24. The number of para-hydroxylation sites is 2. The summed E-state index contributed by atoms with van der Waals surface area (Å²) >= 11 is 6.05. The molecule has 0 fully saturated rings. The van der Waals surface area contributed by atoms with Crippen LogP contribution in [0.1, 0.15) is 5.69 Å². The van der Waals surface area contributed by atoms with Gasteiger partial charge >= 0.3 is 0 Å². The van der Waals surface area contributed by atoms with E-state index in [1.165, 1.54) is 0 Å². The van der Waals surface area contributed by atoms with Gasteiger partial charge in [0, 0.05) is 20.1 Å². The van der Waals surface area contributed by atoms with Gasteiger partial charge in [-0.1, -0.05) is 23.7 Å². The highest BCUT2D eigenvalue weighted by molar-refractivity contribution is 6.31. The average molecular weight is 294 g/mol. The van der Waals surface area contributed by atoms with Crippen molar-refractivity contribution in [2.45, 2.75) is 12.6 Å². The maximum absolute atomic E-state index is 6.05. The first-order valence-electron chi connectivity index (χ1n) is 6.49. The van der Waals surface area contributed by atoms with Gasteiger partial charge in [0.1, 0.15) is 12.7 Å². The second-order valence-corrected chi connectivity index (χ2v) is 5.10. The van der Waals surface area contributed by atoms with Gasteiger partial charge in [-0.15, -0.1) is 0 Å². The van der Waals surface area contributed by atoms with Crippen LogP contribution < -0.4 is 14.8 Å². The number of nitrogens with one attached hydrogen (secondary N) is 1. The Morgan fingerprint density at radius 2 is 2.20 bits per heavy atom. The first kappa shape index (κ1) is 13.3. The summed E-state index contributed by atoms with van der Waals surface area (Å²) in [6.07, 6.45) is 1.64. The van der Waals surface area contributed by atoms with Gasteiger partial charge in [0.25, 0.3) is 0 Å². The molecular weight excluding hydrogens is 278 g/mol. The molecule has 20 heavy (non-hydrogen) atoms. The molecule has 1 N–H and O–H groups in total. The third-order valence-corrected chi connectivity index (χ3v) is 3.56. The summed E-state index contributed by atoms with van der Waals surface area (Å²) in [5.41, 5.74) is 0.962. The maximum Gasteiger partial charge on any atom is 0.161 e. The van der Waals surface area contributed by atoms with E-state index in [1.54, 1.807) is 10.9 Å². The Morgan fingerprint density at radius 1 is 1.40 bits per heavy atom. The fourth-order valence-corrected chi connectivity index (χ4v) is 2.38. The quantitative estimate of drug-likeness (QED) is 0.937. The van der Waals surface area contributed by atoms with Crippen LogP contribution in [-0.2, 0) is 13.6 Å². The molecule has 1 atom stereocenters. The molecule has 0 radical (unpaired) electrons. The average Bonchev–Trinajstić information content (AvgIpc) is 2.79. The number of nitrogens with zero attached hydrogens (tertiary/aromatic N) is 2. The molecule has 0 saturated carbocycles. The van der Waals surface area contributed by atoms with Crippen LogP contribution in [0, 0.1) is 0 Å². The molecule has 0 bridgehead atoms. The van der Waals surface area contributed by atoms with Crippen molar-refractivity contribution < 1.29 is 9.47 Å². The zero-order chi connectivity index (χ0) is 13.9. The van der Waals surface area contributed by atoms with Crippen molar-refractivity contribution in [2.24, 2.45) is 7.05 Å². The Hall–Kier alpha value is -1.72. The number of rotatable bonds is 4. The highest BCUT2D eigenvalue weighted by Crippen LogP contribution is 2.30. The SMILES string of the molecule is Cn1ncc(Cl)c1CNCC1COc2ccccc2O1. The van der Waals surface area contributed by atoms with Gasteiger partial charge in [-0.3, -0.25) is 4.68 Å². The fourth-order valence-electron chi connectivity index (χ4n) is 2.15. The van der Waals surface area contributed by atoms with E-state index in [2.05, 4.69) is 10.4 Å². The van der Waals surface area contributed by atoms with E-state index < -0.39 is 0 Å². The summed E-state index contributed by atoms with van der Waals surface area (Å²) in [5.74, 6) is 1.60. The van der Waals surface area contributed by atoms with Crippen LogP contribution >= 0.6 is 11.6 Å². The van der Waals surface area contributed by atoms with Crippen molar-refractivity contribution in [1.29, 1.82) is 0 Å². The molecule has 2 heterocycles. The summed E-state index contributed by atoms with van der Waals surface area (Å²) in [7, 11) is 1.87. The molecule has 0 amide bonds. The van der Waals surface area contributed by atoms with Crippen molar-refractivity contribution in [1.82, 2.24) is 15.1 Å². The summed E-state index contributed by atoms with van der Waals surface area (Å²) in [6.45, 7) is 1.88. The summed E-state index contributed by atoms with van der Waals surface area (Å²) in [4.78, 5) is 0. The van der Waals surface area contributed by atoms with Gasteiger partial charge in [0.15, 0.2) is 11.5 Å². The lowest BCUT2D eigenvalue weighted by Crippen LogP contribution is -2.38. The summed E-state index contributed by atoms with van der Waals surface area (Å²) < 4.78 is 13.3. The van der Waals surface area contributed by atoms with E-state index >= 15 is 0 Å². The first-order chi connectivity index (χ1) is 9.74. The monoisotopic (exact) mass is 293 g/mol. The molecular formula is C14H16ClN3O2. The minimum atomic E-state index is -0.00287. The van der Waals surface area contributed by atoms with Crippen molar-refractivity contribution in [2.75, 3.05) is 13.2 Å². The van der Waals surface area contributed by atoms with Crippen molar-refractivity contribution in [3.63, 3.8) is 0 Å². The van der Waals surface area contributed by atoms with Crippen LogP contribution in [0.5, 0.6) is 11.5 Å². The van der Waals surface area contributed by atoms with Crippen LogP contribution in [-0.4, -0.2) is 29.0 Å². The minimum absolute atomic E-state index is 0.00287. The number of aryl methyl sites for hydroxylation is 1. The molecule has 106 valence electrons. The van der Waals surface area contributed by atoms with Crippen molar-refractivity contribution in [3.05, 3.63) is 41.2 Å². The largest absolute Gasteiger partial charge is 0.486 e. The van der Waals surface area contributed by atoms with E-state index in [0.717, 1.165) is 17.2 Å². The smallest absolute Gasteiger partial charge is 0.161 e. The van der Waals surface area contributed by atoms with Crippen LogP contribution in [0.2, 0.25) is 5.02 Å². The van der Waals surface area contributed by atoms with E-state index in [0.29, 0.717) is 24.7 Å². The third kappa shape index (κ3) is 2.73. The maximum atomic E-state index is 6.05. The lowest BCUT2D eigenvalue weighted by Gasteiger charge is -2.26. The molecule has 1 aliphatic heterocycles. The molecule has 0 saturated heterocycles. The highest BCUT2D eigenvalue weighted by atomic mass is 35.5. The van der Waals surface area contributed by atoms with Crippen LogP contribution in [0.4, 0.5) is 0 Å². The second kappa shape index (κ2) is 5.73. The van der Waals surface area contributed by atoms with E-state index in [9.17, 15) is 0 Å². The molecule has 2 aromatic rings. The zero-order valence-electron chi connectivity index (χ0n) is 11.2. The van der Waals surface area contributed by atoms with Crippen molar-refractivity contribution >= 4 is 11.6 Å². The standard InChI is InChI=1S/C14H16ClN3O2/c1-18-12(11(15)7-17-18)8-16-6-10-9-19-13-4-2-3-5-14(13)20-10/h2-5,7,10,16H,6,8-9H2,1H3. The lowest BCUT2D eigenvalue weighted by atomic mass is 10.2. The molecule has 5 nitrogen and oxygen atoms in total. The van der Waals surface area contributed by atoms with Gasteiger partial charge in [-0.05, 0) is 12.1 Å². The van der Waals surface area contributed by atoms with Gasteiger partial charge in [-0.25, -0.2) is 0 Å². The van der Waals surface area contributed by atoms with Gasteiger partial charge < -0.3 is 14.8 Å². The Balaban J connectivity index is 1.53. The highest BCUT2D eigenvalue weighted by Gasteiger charge is 2.20. The normalized spacial score (nSPS) is 17.2. The first-order valence-corrected chi connectivity index (χ1v) is 6.87. The number of ether oxygens (including phenoxy) is 2. The number of hydrogen-bond donors (Lipinski definition) is 1. The summed E-state index contributed by atoms with van der Waals surface area (Å²) in [6, 6.07) is 7.70. The number of aromatic nitrogens is 2. The topological polar surface area (TPSA) is 48.3 Å². The fraction of sp³-hybridized carbons (Fsp3) is 0.357. The number of benzene rings is 1. The molecule has 1 unspecified atom stereocenters. The number of halogens is 1. The lowest BCUT2D eigenvalue weighted by molar-refractivity contribution is 0.0901. The predicted octanol–water partition coefficient (Wildman–Crippen LogP) is 2.00. The predicted molar refractivity (Wildman–Crippen MR) is 76.3 cm³/mol. The Bertz CT molecular complexity index is 580. The zero-order valence-corrected chi connectivity index (χ0v) is 11.9. The van der Waals surface area contributed by atoms with Gasteiger partial charge in [0.05, 0.1) is 16.9 Å². The van der Waals surface area contributed by atoms with Crippen LogP contribution in [0.3, 0.4) is 0 Å². The van der Waals surface area contributed by atoms with E-state index in [4.69, 9.17) is 21.1 Å². The Kier molecular flexibility index (Phi) is 3.80. The van der Waals surface area contributed by atoms with E-state index in [-0.39, 0.29) is 6.10 Å². The molecule has 0 spiro atoms. The summed E-state index contributed by atoms with van der Waals surface area (Å²) in [5, 5.41) is 8.09. The number of hydrogen-bond acceptors (Lipinski definition) is 4. The Labute approximate surface area is 122 Å². The molecule has 3 rings (SSSR count). The Morgan fingerprint density at radius 3 is 2.95 bits per heavy atom. The van der Waals surface area contributed by atoms with Gasteiger partial charge in [0.2, 0.25) is 0 Å². The van der Waals surface area contributed by atoms with Crippen LogP contribution in [0.25, 0.3) is 0 Å². The number of fused-ring (bicyclic) bond motifs is 1. The van der Waals surface area contributed by atoms with Crippen molar-refractivity contribution in [3.8, 4) is 11.5 Å². The van der Waals surface area contributed by atoms with Gasteiger partial charge in [-0.2, -0.15) is 5.10 Å². The van der Waals surface area contributed by atoms with Crippen LogP contribution in [0.15, 0.2) is 30.5 Å². The molecule has 0 aliphatic carbocycles. The van der Waals surface area contributed by atoms with E-state index in [1.807, 2.05) is 31.3 Å². The molecule has 6 heteroatoms. The second-order valence-electron chi connectivity index (χ2n) is 4.69. The molecule has 1 aromatic carbocycles. The minimum Gasteiger partial charge on any atom is -0.486 e.